The summed E-state index contributed by atoms with van der Waals surface area (Å²) < 4.78 is 31.9. The zero-order chi connectivity index (χ0) is 17.9. The van der Waals surface area contributed by atoms with Gasteiger partial charge in [0.15, 0.2) is 0 Å². The number of aliphatic hydroxyl groups is 1. The SMILES string of the molecule is CC(C)(C)OC(=O)N1CCN(CC(O)c2ccc(F)cc2F)CC1. The van der Waals surface area contributed by atoms with Crippen LogP contribution in [-0.4, -0.2) is 59.3 Å². The van der Waals surface area contributed by atoms with Gasteiger partial charge in [0.25, 0.3) is 0 Å². The van der Waals surface area contributed by atoms with E-state index in [1.807, 2.05) is 25.7 Å². The molecule has 0 aromatic heterocycles. The van der Waals surface area contributed by atoms with Crippen LogP contribution in [0.5, 0.6) is 0 Å². The van der Waals surface area contributed by atoms with Crippen molar-refractivity contribution in [3.05, 3.63) is 35.4 Å². The molecule has 2 rings (SSSR count). The molecule has 0 spiro atoms. The second kappa shape index (κ2) is 7.44. The lowest BCUT2D eigenvalue weighted by Gasteiger charge is -2.36. The van der Waals surface area contributed by atoms with E-state index >= 15 is 0 Å². The molecule has 0 aliphatic carbocycles. The molecule has 7 heteroatoms. The molecule has 1 heterocycles. The van der Waals surface area contributed by atoms with E-state index in [9.17, 15) is 18.7 Å². The summed E-state index contributed by atoms with van der Waals surface area (Å²) in [5.74, 6) is -1.43. The minimum absolute atomic E-state index is 0.0750. The number of piperazine rings is 1. The number of rotatable bonds is 3. The van der Waals surface area contributed by atoms with Crippen LogP contribution in [0.3, 0.4) is 0 Å². The Bertz CT molecular complexity index is 582. The van der Waals surface area contributed by atoms with Crippen LogP contribution in [0, 0.1) is 11.6 Å². The molecule has 24 heavy (non-hydrogen) atoms. The molecule has 1 saturated heterocycles. The minimum atomic E-state index is -1.04. The summed E-state index contributed by atoms with van der Waals surface area (Å²) in [7, 11) is 0. The molecule has 1 N–H and O–H groups in total. The number of halogens is 2. The van der Waals surface area contributed by atoms with Gasteiger partial charge in [0.1, 0.15) is 17.2 Å². The van der Waals surface area contributed by atoms with E-state index < -0.39 is 23.3 Å². The van der Waals surface area contributed by atoms with Crippen molar-refractivity contribution in [2.45, 2.75) is 32.5 Å². The third-order valence-corrected chi connectivity index (χ3v) is 3.78. The van der Waals surface area contributed by atoms with Crippen LogP contribution in [-0.2, 0) is 4.74 Å². The van der Waals surface area contributed by atoms with Gasteiger partial charge in [0.05, 0.1) is 6.10 Å². The van der Waals surface area contributed by atoms with Gasteiger partial charge in [0, 0.05) is 44.4 Å². The van der Waals surface area contributed by atoms with Crippen molar-refractivity contribution < 1.29 is 23.4 Å². The highest BCUT2D eigenvalue weighted by Gasteiger charge is 2.27. The Morgan fingerprint density at radius 2 is 1.88 bits per heavy atom. The molecular weight excluding hydrogens is 318 g/mol. The van der Waals surface area contributed by atoms with E-state index in [4.69, 9.17) is 4.74 Å². The predicted octanol–water partition coefficient (Wildman–Crippen LogP) is 2.55. The standard InChI is InChI=1S/C17H24F2N2O3/c1-17(2,3)24-16(23)21-8-6-20(7-9-21)11-15(22)13-5-4-12(18)10-14(13)19/h4-5,10,15,22H,6-9,11H2,1-3H3. The van der Waals surface area contributed by atoms with Crippen LogP contribution in [0.1, 0.15) is 32.4 Å². The lowest BCUT2D eigenvalue weighted by Crippen LogP contribution is -2.50. The molecule has 1 aliphatic heterocycles. The molecule has 1 aliphatic rings. The molecule has 1 fully saturated rings. The molecule has 1 atom stereocenters. The molecule has 5 nitrogen and oxygen atoms in total. The molecule has 1 aromatic rings. The van der Waals surface area contributed by atoms with E-state index in [-0.39, 0.29) is 18.2 Å². The van der Waals surface area contributed by atoms with E-state index in [0.29, 0.717) is 26.2 Å². The Morgan fingerprint density at radius 3 is 2.42 bits per heavy atom. The van der Waals surface area contributed by atoms with E-state index in [1.165, 1.54) is 6.07 Å². The van der Waals surface area contributed by atoms with E-state index in [1.54, 1.807) is 4.90 Å². The summed E-state index contributed by atoms with van der Waals surface area (Å²) in [5, 5.41) is 10.2. The Kier molecular flexibility index (Phi) is 5.77. The quantitative estimate of drug-likeness (QED) is 0.917. The summed E-state index contributed by atoms with van der Waals surface area (Å²) in [6, 6.07) is 3.15. The minimum Gasteiger partial charge on any atom is -0.444 e. The lowest BCUT2D eigenvalue weighted by molar-refractivity contribution is 0.00995. The average molecular weight is 342 g/mol. The molecule has 0 bridgehead atoms. The Balaban J connectivity index is 1.85. The van der Waals surface area contributed by atoms with Gasteiger partial charge in [-0.1, -0.05) is 6.07 Å². The topological polar surface area (TPSA) is 53.0 Å². The smallest absolute Gasteiger partial charge is 0.410 e. The third-order valence-electron chi connectivity index (χ3n) is 3.78. The van der Waals surface area contributed by atoms with Crippen LogP contribution in [0.2, 0.25) is 0 Å². The van der Waals surface area contributed by atoms with Gasteiger partial charge in [-0.25, -0.2) is 13.6 Å². The number of carbonyl (C=O) groups excluding carboxylic acids is 1. The number of nitrogens with zero attached hydrogens (tertiary/aromatic N) is 2. The Hall–Kier alpha value is -1.73. The van der Waals surface area contributed by atoms with Crippen molar-refractivity contribution in [3.8, 4) is 0 Å². The largest absolute Gasteiger partial charge is 0.444 e. The van der Waals surface area contributed by atoms with Gasteiger partial charge in [-0.2, -0.15) is 0 Å². The van der Waals surface area contributed by atoms with Gasteiger partial charge in [0.2, 0.25) is 0 Å². The van der Waals surface area contributed by atoms with Gasteiger partial charge in [-0.15, -0.1) is 0 Å². The van der Waals surface area contributed by atoms with Gasteiger partial charge < -0.3 is 14.7 Å². The number of aliphatic hydroxyl groups excluding tert-OH is 1. The zero-order valence-corrected chi connectivity index (χ0v) is 14.3. The van der Waals surface area contributed by atoms with Crippen LogP contribution < -0.4 is 0 Å². The molecular formula is C17H24F2N2O3. The number of ether oxygens (including phenoxy) is 1. The first-order chi connectivity index (χ1) is 11.2. The summed E-state index contributed by atoms with van der Waals surface area (Å²) in [5.41, 5.74) is -0.462. The number of β-amino-alcohol motifs (C(OH)–C–C–N with tert-alkyl or cyclic N) is 1. The number of hydrogen-bond donors (Lipinski definition) is 1. The van der Waals surface area contributed by atoms with Crippen LogP contribution in [0.4, 0.5) is 13.6 Å². The van der Waals surface area contributed by atoms with Crippen molar-refractivity contribution in [3.63, 3.8) is 0 Å². The second-order valence-corrected chi connectivity index (χ2v) is 6.95. The normalized spacial score (nSPS) is 17.7. The fraction of sp³-hybridized carbons (Fsp3) is 0.588. The monoisotopic (exact) mass is 342 g/mol. The fourth-order valence-corrected chi connectivity index (χ4v) is 2.55. The van der Waals surface area contributed by atoms with Crippen molar-refractivity contribution in [2.75, 3.05) is 32.7 Å². The number of amides is 1. The summed E-state index contributed by atoms with van der Waals surface area (Å²) in [6.07, 6.45) is -1.40. The first kappa shape index (κ1) is 18.6. The summed E-state index contributed by atoms with van der Waals surface area (Å²) in [4.78, 5) is 15.5. The average Bonchev–Trinajstić information content (AvgIpc) is 2.45. The Labute approximate surface area is 140 Å². The fourth-order valence-electron chi connectivity index (χ4n) is 2.55. The van der Waals surface area contributed by atoms with Gasteiger partial charge >= 0.3 is 6.09 Å². The van der Waals surface area contributed by atoms with Crippen molar-refractivity contribution in [1.82, 2.24) is 9.80 Å². The number of benzene rings is 1. The zero-order valence-electron chi connectivity index (χ0n) is 14.3. The number of hydrogen-bond acceptors (Lipinski definition) is 4. The molecule has 0 saturated carbocycles. The predicted molar refractivity (Wildman–Crippen MR) is 85.6 cm³/mol. The maximum Gasteiger partial charge on any atom is 0.410 e. The van der Waals surface area contributed by atoms with Gasteiger partial charge in [-0.05, 0) is 26.8 Å². The summed E-state index contributed by atoms with van der Waals surface area (Å²) >= 11 is 0. The summed E-state index contributed by atoms with van der Waals surface area (Å²) in [6.45, 7) is 7.74. The molecule has 1 unspecified atom stereocenters. The van der Waals surface area contributed by atoms with Crippen molar-refractivity contribution >= 4 is 6.09 Å². The highest BCUT2D eigenvalue weighted by atomic mass is 19.1. The Morgan fingerprint density at radius 1 is 1.25 bits per heavy atom. The van der Waals surface area contributed by atoms with Crippen LogP contribution >= 0.6 is 0 Å². The first-order valence-electron chi connectivity index (χ1n) is 7.99. The first-order valence-corrected chi connectivity index (χ1v) is 7.99. The number of carbonyl (C=O) groups is 1. The molecule has 0 radical (unpaired) electrons. The van der Waals surface area contributed by atoms with E-state index in [2.05, 4.69) is 0 Å². The van der Waals surface area contributed by atoms with E-state index in [0.717, 1.165) is 12.1 Å². The lowest BCUT2D eigenvalue weighted by atomic mass is 10.1. The van der Waals surface area contributed by atoms with Crippen molar-refractivity contribution in [2.24, 2.45) is 0 Å². The van der Waals surface area contributed by atoms with Crippen LogP contribution in [0.15, 0.2) is 18.2 Å². The highest BCUT2D eigenvalue weighted by molar-refractivity contribution is 5.68. The third kappa shape index (κ3) is 5.14. The highest BCUT2D eigenvalue weighted by Crippen LogP contribution is 2.20. The molecule has 1 amide bonds. The van der Waals surface area contributed by atoms with Gasteiger partial charge in [-0.3, -0.25) is 4.90 Å². The molecule has 1 aromatic carbocycles. The molecule has 134 valence electrons. The van der Waals surface area contributed by atoms with Crippen LogP contribution in [0.25, 0.3) is 0 Å². The maximum absolute atomic E-state index is 13.7. The van der Waals surface area contributed by atoms with Crippen molar-refractivity contribution in [1.29, 1.82) is 0 Å². The second-order valence-electron chi connectivity index (χ2n) is 6.95. The maximum atomic E-state index is 13.7.